The predicted molar refractivity (Wildman–Crippen MR) is 127 cm³/mol. The molecule has 7 heteroatoms. The summed E-state index contributed by atoms with van der Waals surface area (Å²) in [5, 5.41) is 6.31. The molecule has 4 rings (SSSR count). The van der Waals surface area contributed by atoms with Gasteiger partial charge in [0.05, 0.1) is 20.1 Å². The lowest BCUT2D eigenvalue weighted by molar-refractivity contribution is -0.115. The SMILES string of the molecule is CCOc1ccc(CC(=O)Nc2c(C(=O)Nc3ccc(OC)cc3)oc3ccccc23)cc1. The van der Waals surface area contributed by atoms with Crippen LogP contribution in [0.5, 0.6) is 11.5 Å². The quantitative estimate of drug-likeness (QED) is 0.386. The molecule has 0 radical (unpaired) electrons. The van der Waals surface area contributed by atoms with Crippen molar-refractivity contribution in [3.8, 4) is 11.5 Å². The van der Waals surface area contributed by atoms with Crippen molar-refractivity contribution in [2.45, 2.75) is 13.3 Å². The molecule has 2 amide bonds. The lowest BCUT2D eigenvalue weighted by Gasteiger charge is -2.09. The second kappa shape index (κ2) is 9.91. The summed E-state index contributed by atoms with van der Waals surface area (Å²) in [6.07, 6.45) is 0.144. The van der Waals surface area contributed by atoms with Crippen LogP contribution in [0.4, 0.5) is 11.4 Å². The fourth-order valence-electron chi connectivity index (χ4n) is 3.43. The summed E-state index contributed by atoms with van der Waals surface area (Å²) in [7, 11) is 1.57. The Morgan fingerprint density at radius 1 is 0.879 bits per heavy atom. The Morgan fingerprint density at radius 3 is 2.27 bits per heavy atom. The van der Waals surface area contributed by atoms with Gasteiger partial charge in [0.1, 0.15) is 22.8 Å². The van der Waals surface area contributed by atoms with Crippen LogP contribution in [0.15, 0.2) is 77.2 Å². The second-order valence-corrected chi connectivity index (χ2v) is 7.29. The number of hydrogen-bond donors (Lipinski definition) is 2. The molecule has 0 aliphatic carbocycles. The number of rotatable bonds is 8. The molecule has 0 bridgehead atoms. The molecule has 0 saturated heterocycles. The van der Waals surface area contributed by atoms with Crippen LogP contribution in [-0.4, -0.2) is 25.5 Å². The molecule has 0 unspecified atom stereocenters. The number of methoxy groups -OCH3 is 1. The minimum atomic E-state index is -0.465. The summed E-state index contributed by atoms with van der Waals surface area (Å²) in [5.41, 5.74) is 2.25. The van der Waals surface area contributed by atoms with E-state index in [1.165, 1.54) is 0 Å². The molecule has 3 aromatic carbocycles. The number of fused-ring (bicyclic) bond motifs is 1. The molecule has 33 heavy (non-hydrogen) atoms. The number of anilines is 2. The molecule has 0 spiro atoms. The molecule has 168 valence electrons. The summed E-state index contributed by atoms with van der Waals surface area (Å²) >= 11 is 0. The van der Waals surface area contributed by atoms with E-state index in [1.807, 2.05) is 43.3 Å². The van der Waals surface area contributed by atoms with Crippen LogP contribution >= 0.6 is 0 Å². The number of hydrogen-bond acceptors (Lipinski definition) is 5. The summed E-state index contributed by atoms with van der Waals surface area (Å²) in [6, 6.07) is 21.5. The van der Waals surface area contributed by atoms with Crippen molar-refractivity contribution in [2.24, 2.45) is 0 Å². The minimum absolute atomic E-state index is 0.0343. The van der Waals surface area contributed by atoms with Crippen LogP contribution in [0.2, 0.25) is 0 Å². The van der Waals surface area contributed by atoms with Crippen LogP contribution in [0.1, 0.15) is 23.0 Å². The van der Waals surface area contributed by atoms with Gasteiger partial charge in [-0.1, -0.05) is 24.3 Å². The number of para-hydroxylation sites is 1. The van der Waals surface area contributed by atoms with Crippen molar-refractivity contribution in [2.75, 3.05) is 24.4 Å². The topological polar surface area (TPSA) is 89.8 Å². The van der Waals surface area contributed by atoms with E-state index in [1.54, 1.807) is 43.5 Å². The summed E-state index contributed by atoms with van der Waals surface area (Å²) < 4.78 is 16.4. The molecule has 0 atom stereocenters. The zero-order valence-corrected chi connectivity index (χ0v) is 18.4. The Bertz CT molecular complexity index is 1260. The summed E-state index contributed by atoms with van der Waals surface area (Å²) in [6.45, 7) is 2.49. The van der Waals surface area contributed by atoms with Crippen molar-refractivity contribution in [1.82, 2.24) is 0 Å². The molecular formula is C26H24N2O5. The van der Waals surface area contributed by atoms with Crippen molar-refractivity contribution >= 4 is 34.2 Å². The van der Waals surface area contributed by atoms with Gasteiger partial charge in [-0.15, -0.1) is 0 Å². The highest BCUT2D eigenvalue weighted by Crippen LogP contribution is 2.32. The van der Waals surface area contributed by atoms with Crippen LogP contribution < -0.4 is 20.1 Å². The van der Waals surface area contributed by atoms with Gasteiger partial charge in [0.15, 0.2) is 0 Å². The monoisotopic (exact) mass is 444 g/mol. The van der Waals surface area contributed by atoms with Crippen LogP contribution in [-0.2, 0) is 11.2 Å². The van der Waals surface area contributed by atoms with Crippen molar-refractivity contribution in [3.05, 3.63) is 84.1 Å². The van der Waals surface area contributed by atoms with Gasteiger partial charge in [-0.3, -0.25) is 9.59 Å². The van der Waals surface area contributed by atoms with Gasteiger partial charge in [0.25, 0.3) is 5.91 Å². The maximum absolute atomic E-state index is 13.0. The molecule has 1 heterocycles. The van der Waals surface area contributed by atoms with E-state index in [9.17, 15) is 9.59 Å². The molecule has 0 aliphatic heterocycles. The highest BCUT2D eigenvalue weighted by Gasteiger charge is 2.22. The first kappa shape index (κ1) is 22.0. The third kappa shape index (κ3) is 5.15. The predicted octanol–water partition coefficient (Wildman–Crippen LogP) is 5.27. The highest BCUT2D eigenvalue weighted by molar-refractivity contribution is 6.14. The van der Waals surface area contributed by atoms with Crippen molar-refractivity contribution < 1.29 is 23.5 Å². The Labute approximate surface area is 191 Å². The van der Waals surface area contributed by atoms with Crippen LogP contribution in [0.25, 0.3) is 11.0 Å². The van der Waals surface area contributed by atoms with Crippen molar-refractivity contribution in [1.29, 1.82) is 0 Å². The Kier molecular flexibility index (Phi) is 6.59. The Hall–Kier alpha value is -4.26. The average Bonchev–Trinajstić information content (AvgIpc) is 3.19. The Morgan fingerprint density at radius 2 is 1.58 bits per heavy atom. The maximum Gasteiger partial charge on any atom is 0.293 e. The summed E-state index contributed by atoms with van der Waals surface area (Å²) in [5.74, 6) is 0.739. The molecule has 2 N–H and O–H groups in total. The van der Waals surface area contributed by atoms with E-state index in [-0.39, 0.29) is 18.1 Å². The maximum atomic E-state index is 13.0. The second-order valence-electron chi connectivity index (χ2n) is 7.29. The van der Waals surface area contributed by atoms with E-state index in [4.69, 9.17) is 13.9 Å². The lowest BCUT2D eigenvalue weighted by atomic mass is 10.1. The van der Waals surface area contributed by atoms with Gasteiger partial charge in [-0.05, 0) is 61.0 Å². The van der Waals surface area contributed by atoms with E-state index in [2.05, 4.69) is 10.6 Å². The largest absolute Gasteiger partial charge is 0.497 e. The van der Waals surface area contributed by atoms with Gasteiger partial charge in [0.2, 0.25) is 11.7 Å². The van der Waals surface area contributed by atoms with Gasteiger partial charge in [-0.2, -0.15) is 0 Å². The molecule has 4 aromatic rings. The van der Waals surface area contributed by atoms with Gasteiger partial charge >= 0.3 is 0 Å². The first-order chi connectivity index (χ1) is 16.1. The first-order valence-corrected chi connectivity index (χ1v) is 10.6. The van der Waals surface area contributed by atoms with Gasteiger partial charge in [-0.25, -0.2) is 0 Å². The fraction of sp³-hybridized carbons (Fsp3) is 0.154. The third-order valence-corrected chi connectivity index (χ3v) is 5.01. The molecule has 0 fully saturated rings. The molecule has 0 saturated carbocycles. The molecule has 7 nitrogen and oxygen atoms in total. The van der Waals surface area contributed by atoms with E-state index in [0.717, 1.165) is 11.3 Å². The number of benzene rings is 3. The third-order valence-electron chi connectivity index (χ3n) is 5.01. The summed E-state index contributed by atoms with van der Waals surface area (Å²) in [4.78, 5) is 25.8. The lowest BCUT2D eigenvalue weighted by Crippen LogP contribution is -2.18. The standard InChI is InChI=1S/C26H24N2O5/c1-3-32-20-12-8-17(9-13-20)16-23(29)28-24-21-6-4-5-7-22(21)33-25(24)26(30)27-18-10-14-19(31-2)15-11-18/h4-15H,3,16H2,1-2H3,(H,27,30)(H,28,29). The van der Waals surface area contributed by atoms with Crippen LogP contribution in [0.3, 0.4) is 0 Å². The van der Waals surface area contributed by atoms with E-state index < -0.39 is 5.91 Å². The first-order valence-electron chi connectivity index (χ1n) is 10.6. The van der Waals surface area contributed by atoms with Crippen LogP contribution in [0, 0.1) is 0 Å². The van der Waals surface area contributed by atoms with E-state index >= 15 is 0 Å². The zero-order chi connectivity index (χ0) is 23.2. The minimum Gasteiger partial charge on any atom is -0.497 e. The number of furan rings is 1. The zero-order valence-electron chi connectivity index (χ0n) is 18.4. The fourth-order valence-corrected chi connectivity index (χ4v) is 3.43. The normalized spacial score (nSPS) is 10.6. The average molecular weight is 444 g/mol. The number of ether oxygens (including phenoxy) is 2. The Balaban J connectivity index is 1.55. The number of carbonyl (C=O) groups excluding carboxylic acids is 2. The number of amides is 2. The number of nitrogens with one attached hydrogen (secondary N) is 2. The molecular weight excluding hydrogens is 420 g/mol. The van der Waals surface area contributed by atoms with E-state index in [0.29, 0.717) is 34.7 Å². The molecule has 1 aromatic heterocycles. The highest BCUT2D eigenvalue weighted by atomic mass is 16.5. The van der Waals surface area contributed by atoms with Crippen molar-refractivity contribution in [3.63, 3.8) is 0 Å². The van der Waals surface area contributed by atoms with Gasteiger partial charge < -0.3 is 24.5 Å². The smallest absolute Gasteiger partial charge is 0.293 e. The number of carbonyl (C=O) groups is 2. The molecule has 0 aliphatic rings. The van der Waals surface area contributed by atoms with Gasteiger partial charge in [0, 0.05) is 11.1 Å².